The summed E-state index contributed by atoms with van der Waals surface area (Å²) in [6, 6.07) is 13.1. The molecule has 0 radical (unpaired) electrons. The van der Waals surface area contributed by atoms with Gasteiger partial charge in [0.25, 0.3) is 5.69 Å². The maximum absolute atomic E-state index is 12.4. The van der Waals surface area contributed by atoms with Crippen LogP contribution in [0, 0.1) is 10.1 Å². The van der Waals surface area contributed by atoms with E-state index >= 15 is 0 Å². The highest BCUT2D eigenvalue weighted by Crippen LogP contribution is 2.34. The molecule has 3 amide bonds. The number of hydrogen-bond donors (Lipinski definition) is 1. The fraction of sp³-hybridized carbons (Fsp3) is 0.423. The topological polar surface area (TPSA) is 120 Å². The third-order valence-electron chi connectivity index (χ3n) is 7.87. The van der Waals surface area contributed by atoms with Crippen LogP contribution in [0.5, 0.6) is 0 Å². The molecule has 12 heteroatoms. The number of nitrogens with zero attached hydrogens (tertiary/aromatic N) is 7. The van der Waals surface area contributed by atoms with Crippen LogP contribution in [0.15, 0.2) is 42.5 Å². The number of fused-ring (bicyclic) bond motifs is 1. The van der Waals surface area contributed by atoms with Crippen LogP contribution in [0.25, 0.3) is 10.9 Å². The average molecular weight is 519 g/mol. The fourth-order valence-electron chi connectivity index (χ4n) is 5.61. The van der Waals surface area contributed by atoms with Gasteiger partial charge in [0.15, 0.2) is 5.82 Å². The molecular weight excluding hydrogens is 488 g/mol. The van der Waals surface area contributed by atoms with Crippen LogP contribution >= 0.6 is 0 Å². The van der Waals surface area contributed by atoms with Gasteiger partial charge in [-0.25, -0.2) is 4.79 Å². The Morgan fingerprint density at radius 1 is 1.00 bits per heavy atom. The minimum atomic E-state index is -0.429. The molecule has 38 heavy (non-hydrogen) atoms. The second-order valence-electron chi connectivity index (χ2n) is 10.1. The van der Waals surface area contributed by atoms with Gasteiger partial charge in [0, 0.05) is 94.2 Å². The molecule has 0 spiro atoms. The summed E-state index contributed by atoms with van der Waals surface area (Å²) in [6.07, 6.45) is 1.40. The Hall–Kier alpha value is -4.19. The first-order valence-electron chi connectivity index (χ1n) is 12.9. The Balaban J connectivity index is 1.09. The Morgan fingerprint density at radius 3 is 2.39 bits per heavy atom. The number of carbonyl (C=O) groups excluding carboxylic acids is 2. The zero-order valence-electron chi connectivity index (χ0n) is 21.2. The van der Waals surface area contributed by atoms with Crippen molar-refractivity contribution in [2.24, 2.45) is 7.05 Å². The third kappa shape index (κ3) is 4.40. The molecule has 6 rings (SSSR count). The van der Waals surface area contributed by atoms with E-state index in [4.69, 9.17) is 0 Å². The number of aromatic nitrogens is 2. The lowest BCUT2D eigenvalue weighted by Crippen LogP contribution is -2.57. The van der Waals surface area contributed by atoms with Gasteiger partial charge in [-0.1, -0.05) is 0 Å². The highest BCUT2D eigenvalue weighted by Gasteiger charge is 2.32. The zero-order chi connectivity index (χ0) is 26.4. The normalized spacial score (nSPS) is 20.6. The number of nitrogens with one attached hydrogen (secondary N) is 1. The second-order valence-corrected chi connectivity index (χ2v) is 10.1. The van der Waals surface area contributed by atoms with Gasteiger partial charge in [-0.3, -0.25) is 34.7 Å². The molecule has 3 fully saturated rings. The third-order valence-corrected chi connectivity index (χ3v) is 7.87. The minimum Gasteiger partial charge on any atom is -0.369 e. The maximum atomic E-state index is 12.4. The second kappa shape index (κ2) is 9.60. The molecule has 1 aromatic heterocycles. The quantitative estimate of drug-likeness (QED) is 0.390. The molecule has 1 atom stereocenters. The predicted octanol–water partition coefficient (Wildman–Crippen LogP) is 2.33. The lowest BCUT2D eigenvalue weighted by molar-refractivity contribution is -0.384. The van der Waals surface area contributed by atoms with Crippen LogP contribution in [-0.4, -0.2) is 83.4 Å². The van der Waals surface area contributed by atoms with Gasteiger partial charge in [0.05, 0.1) is 10.4 Å². The standard InChI is InChI=1S/C26H30N8O4/c1-29-23-16-20(6-7-22(23)25(28-29)33-11-9-24(35)27-26(33)36)32-10-8-21(32)17-30-12-14-31(15-13-30)18-2-4-19(5-3-18)34(37)38/h2-7,16,21H,8-15,17H2,1H3,(H,27,35,36). The first-order valence-corrected chi connectivity index (χ1v) is 12.9. The van der Waals surface area contributed by atoms with Crippen LogP contribution < -0.4 is 20.0 Å². The number of benzene rings is 2. The highest BCUT2D eigenvalue weighted by molar-refractivity contribution is 6.09. The van der Waals surface area contributed by atoms with Crippen molar-refractivity contribution < 1.29 is 14.5 Å². The SMILES string of the molecule is Cn1nc(N2CCC(=O)NC2=O)c2ccc(N3CCC3CN3CCN(c4ccc([N+](=O)[O-])cc4)CC3)cc21. The van der Waals surface area contributed by atoms with Gasteiger partial charge < -0.3 is 9.80 Å². The van der Waals surface area contributed by atoms with Crippen molar-refractivity contribution in [2.45, 2.75) is 18.9 Å². The number of anilines is 3. The summed E-state index contributed by atoms with van der Waals surface area (Å²) in [7, 11) is 1.88. The van der Waals surface area contributed by atoms with E-state index < -0.39 is 6.03 Å². The predicted molar refractivity (Wildman–Crippen MR) is 144 cm³/mol. The highest BCUT2D eigenvalue weighted by atomic mass is 16.6. The van der Waals surface area contributed by atoms with Gasteiger partial charge in [0.2, 0.25) is 5.91 Å². The molecule has 0 bridgehead atoms. The van der Waals surface area contributed by atoms with Crippen molar-refractivity contribution in [2.75, 3.05) is 60.5 Å². The van der Waals surface area contributed by atoms with Gasteiger partial charge in [0.1, 0.15) is 0 Å². The molecule has 4 heterocycles. The number of imide groups is 1. The summed E-state index contributed by atoms with van der Waals surface area (Å²) in [4.78, 5) is 43.2. The van der Waals surface area contributed by atoms with Crippen molar-refractivity contribution in [3.05, 3.63) is 52.6 Å². The smallest absolute Gasteiger partial charge is 0.329 e. The van der Waals surface area contributed by atoms with E-state index in [1.165, 1.54) is 4.90 Å². The molecule has 1 N–H and O–H groups in total. The number of amides is 3. The number of piperazine rings is 1. The largest absolute Gasteiger partial charge is 0.369 e. The molecule has 3 saturated heterocycles. The molecule has 3 aromatic rings. The summed E-state index contributed by atoms with van der Waals surface area (Å²) in [6.45, 7) is 6.00. The minimum absolute atomic E-state index is 0.117. The van der Waals surface area contributed by atoms with Gasteiger partial charge in [-0.15, -0.1) is 0 Å². The van der Waals surface area contributed by atoms with Crippen molar-refractivity contribution in [3.8, 4) is 0 Å². The van der Waals surface area contributed by atoms with E-state index in [-0.39, 0.29) is 22.9 Å². The van der Waals surface area contributed by atoms with Crippen molar-refractivity contribution in [1.29, 1.82) is 0 Å². The van der Waals surface area contributed by atoms with Crippen LogP contribution in [0.3, 0.4) is 0 Å². The summed E-state index contributed by atoms with van der Waals surface area (Å²) in [5.74, 6) is 0.315. The Labute approximate surface area is 219 Å². The first kappa shape index (κ1) is 24.2. The van der Waals surface area contributed by atoms with Gasteiger partial charge in [-0.05, 0) is 36.8 Å². The number of aryl methyl sites for hydroxylation is 1. The first-order chi connectivity index (χ1) is 18.4. The van der Waals surface area contributed by atoms with Crippen molar-refractivity contribution in [3.63, 3.8) is 0 Å². The summed E-state index contributed by atoms with van der Waals surface area (Å²) in [5.41, 5.74) is 3.24. The number of nitro groups is 1. The van der Waals surface area contributed by atoms with Crippen LogP contribution in [0.4, 0.5) is 27.7 Å². The van der Waals surface area contributed by atoms with E-state index in [9.17, 15) is 19.7 Å². The Bertz CT molecular complexity index is 1400. The van der Waals surface area contributed by atoms with E-state index in [0.717, 1.165) is 68.0 Å². The molecule has 3 aliphatic heterocycles. The molecule has 12 nitrogen and oxygen atoms in total. The summed E-state index contributed by atoms with van der Waals surface area (Å²) in [5, 5.41) is 18.8. The van der Waals surface area contributed by atoms with Crippen LogP contribution in [-0.2, 0) is 11.8 Å². The zero-order valence-corrected chi connectivity index (χ0v) is 21.2. The number of urea groups is 1. The van der Waals surface area contributed by atoms with E-state index in [1.54, 1.807) is 16.8 Å². The molecule has 2 aromatic carbocycles. The number of nitro benzene ring substituents is 1. The molecule has 198 valence electrons. The summed E-state index contributed by atoms with van der Waals surface area (Å²) >= 11 is 0. The Morgan fingerprint density at radius 2 is 1.74 bits per heavy atom. The van der Waals surface area contributed by atoms with Gasteiger partial charge >= 0.3 is 6.03 Å². The fourth-order valence-corrected chi connectivity index (χ4v) is 5.61. The maximum Gasteiger partial charge on any atom is 0.329 e. The van der Waals surface area contributed by atoms with E-state index in [1.807, 2.05) is 25.2 Å². The molecule has 0 saturated carbocycles. The molecule has 0 aliphatic carbocycles. The van der Waals surface area contributed by atoms with Crippen molar-refractivity contribution >= 4 is 45.7 Å². The summed E-state index contributed by atoms with van der Waals surface area (Å²) < 4.78 is 1.80. The van der Waals surface area contributed by atoms with E-state index in [2.05, 4.69) is 37.2 Å². The van der Waals surface area contributed by atoms with Crippen LogP contribution in [0.2, 0.25) is 0 Å². The number of carbonyl (C=O) groups is 2. The average Bonchev–Trinajstić information content (AvgIpc) is 3.22. The lowest BCUT2D eigenvalue weighted by Gasteiger charge is -2.46. The number of non-ortho nitro benzene ring substituents is 1. The Kier molecular flexibility index (Phi) is 6.10. The van der Waals surface area contributed by atoms with Gasteiger partial charge in [-0.2, -0.15) is 5.10 Å². The molecule has 3 aliphatic rings. The van der Waals surface area contributed by atoms with Crippen molar-refractivity contribution in [1.82, 2.24) is 20.0 Å². The monoisotopic (exact) mass is 518 g/mol. The molecular formula is C26H30N8O4. The number of hydrogen-bond acceptors (Lipinski definition) is 8. The number of rotatable bonds is 6. The molecule has 1 unspecified atom stereocenters. The lowest BCUT2D eigenvalue weighted by atomic mass is 10.00. The van der Waals surface area contributed by atoms with Crippen LogP contribution in [0.1, 0.15) is 12.8 Å². The van der Waals surface area contributed by atoms with E-state index in [0.29, 0.717) is 18.4 Å².